The predicted molar refractivity (Wildman–Crippen MR) is 79.6 cm³/mol. The Morgan fingerprint density at radius 3 is 2.43 bits per heavy atom. The summed E-state index contributed by atoms with van der Waals surface area (Å²) >= 11 is 0. The summed E-state index contributed by atoms with van der Waals surface area (Å²) in [6.07, 6.45) is 0.318. The molecule has 0 aliphatic heterocycles. The smallest absolute Gasteiger partial charge is 0.407 e. The van der Waals surface area contributed by atoms with Crippen LogP contribution in [0.1, 0.15) is 32.3 Å². The first-order valence-electron chi connectivity index (χ1n) is 7.05. The van der Waals surface area contributed by atoms with E-state index in [2.05, 4.69) is 10.1 Å². The van der Waals surface area contributed by atoms with Crippen molar-refractivity contribution in [3.05, 3.63) is 35.9 Å². The Hall–Kier alpha value is -2.04. The normalized spacial score (nSPS) is 11.8. The summed E-state index contributed by atoms with van der Waals surface area (Å²) in [5.41, 5.74) is 0.918. The molecule has 0 saturated heterocycles. The molecule has 0 aromatic heterocycles. The van der Waals surface area contributed by atoms with E-state index >= 15 is 0 Å². The van der Waals surface area contributed by atoms with Gasteiger partial charge in [-0.25, -0.2) is 4.79 Å². The molecule has 0 radical (unpaired) electrons. The first kappa shape index (κ1) is 17.0. The SMILES string of the molecule is COC(=O)C[C@@H](CC(C)C)NC(=O)OCc1ccccc1. The lowest BCUT2D eigenvalue weighted by Gasteiger charge is -2.19. The number of ether oxygens (including phenoxy) is 2. The van der Waals surface area contributed by atoms with E-state index < -0.39 is 6.09 Å². The lowest BCUT2D eigenvalue weighted by Crippen LogP contribution is -2.38. The molecule has 116 valence electrons. The molecule has 1 N–H and O–H groups in total. The summed E-state index contributed by atoms with van der Waals surface area (Å²) in [5, 5.41) is 2.72. The fourth-order valence-electron chi connectivity index (χ4n) is 1.98. The minimum Gasteiger partial charge on any atom is -0.469 e. The van der Waals surface area contributed by atoms with Gasteiger partial charge in [-0.1, -0.05) is 44.2 Å². The van der Waals surface area contributed by atoms with E-state index in [4.69, 9.17) is 4.74 Å². The zero-order valence-electron chi connectivity index (χ0n) is 12.8. The Morgan fingerprint density at radius 1 is 1.19 bits per heavy atom. The molecule has 1 aromatic carbocycles. The van der Waals surface area contributed by atoms with Crippen LogP contribution >= 0.6 is 0 Å². The fraction of sp³-hybridized carbons (Fsp3) is 0.500. The largest absolute Gasteiger partial charge is 0.469 e. The van der Waals surface area contributed by atoms with Gasteiger partial charge in [0.2, 0.25) is 0 Å². The van der Waals surface area contributed by atoms with Crippen molar-refractivity contribution in [2.24, 2.45) is 5.92 Å². The van der Waals surface area contributed by atoms with Crippen molar-refractivity contribution in [3.63, 3.8) is 0 Å². The highest BCUT2D eigenvalue weighted by atomic mass is 16.5. The molecule has 0 spiro atoms. The van der Waals surface area contributed by atoms with Crippen molar-refractivity contribution >= 4 is 12.1 Å². The Morgan fingerprint density at radius 2 is 1.86 bits per heavy atom. The molecule has 5 heteroatoms. The second-order valence-electron chi connectivity index (χ2n) is 5.31. The van der Waals surface area contributed by atoms with E-state index in [9.17, 15) is 9.59 Å². The van der Waals surface area contributed by atoms with Crippen LogP contribution in [0.5, 0.6) is 0 Å². The number of carbonyl (C=O) groups excluding carboxylic acids is 2. The monoisotopic (exact) mass is 293 g/mol. The van der Waals surface area contributed by atoms with Crippen molar-refractivity contribution in [1.29, 1.82) is 0 Å². The van der Waals surface area contributed by atoms with Crippen LogP contribution in [-0.2, 0) is 20.9 Å². The number of alkyl carbamates (subject to hydrolysis) is 1. The maximum absolute atomic E-state index is 11.8. The molecule has 0 aliphatic rings. The van der Waals surface area contributed by atoms with E-state index in [0.717, 1.165) is 5.56 Å². The van der Waals surface area contributed by atoms with Gasteiger partial charge in [-0.2, -0.15) is 0 Å². The van der Waals surface area contributed by atoms with Gasteiger partial charge in [0.05, 0.1) is 13.5 Å². The van der Waals surface area contributed by atoms with Crippen molar-refractivity contribution in [2.75, 3.05) is 7.11 Å². The van der Waals surface area contributed by atoms with Gasteiger partial charge in [-0.3, -0.25) is 4.79 Å². The van der Waals surface area contributed by atoms with Gasteiger partial charge in [0.1, 0.15) is 6.61 Å². The highest BCUT2D eigenvalue weighted by Crippen LogP contribution is 2.09. The predicted octanol–water partition coefficient (Wildman–Crippen LogP) is 2.89. The number of rotatable bonds is 7. The van der Waals surface area contributed by atoms with Crippen molar-refractivity contribution in [2.45, 2.75) is 39.3 Å². The quantitative estimate of drug-likeness (QED) is 0.785. The number of amides is 1. The first-order valence-corrected chi connectivity index (χ1v) is 7.05. The molecule has 1 aromatic rings. The van der Waals surface area contributed by atoms with Gasteiger partial charge in [-0.15, -0.1) is 0 Å². The van der Waals surface area contributed by atoms with Crippen LogP contribution in [0.25, 0.3) is 0 Å². The van der Waals surface area contributed by atoms with Crippen molar-refractivity contribution in [1.82, 2.24) is 5.32 Å². The topological polar surface area (TPSA) is 64.6 Å². The van der Waals surface area contributed by atoms with E-state index in [-0.39, 0.29) is 25.0 Å². The van der Waals surface area contributed by atoms with Crippen molar-refractivity contribution in [3.8, 4) is 0 Å². The minimum absolute atomic E-state index is 0.148. The molecule has 0 aliphatic carbocycles. The molecule has 0 bridgehead atoms. The number of carbonyl (C=O) groups is 2. The molecule has 0 fully saturated rings. The third kappa shape index (κ3) is 7.34. The van der Waals surface area contributed by atoms with E-state index in [0.29, 0.717) is 12.3 Å². The molecule has 1 amide bonds. The Kier molecular flexibility index (Phi) is 7.29. The summed E-state index contributed by atoms with van der Waals surface area (Å²) in [6, 6.07) is 9.16. The van der Waals surface area contributed by atoms with Gasteiger partial charge in [0.15, 0.2) is 0 Å². The molecule has 1 rings (SSSR count). The highest BCUT2D eigenvalue weighted by molar-refractivity contribution is 5.72. The third-order valence-electron chi connectivity index (χ3n) is 2.93. The number of esters is 1. The van der Waals surface area contributed by atoms with E-state index in [1.807, 2.05) is 44.2 Å². The van der Waals surface area contributed by atoms with Crippen LogP contribution in [0.15, 0.2) is 30.3 Å². The van der Waals surface area contributed by atoms with Crippen LogP contribution in [-0.4, -0.2) is 25.2 Å². The van der Waals surface area contributed by atoms with Crippen LogP contribution < -0.4 is 5.32 Å². The van der Waals surface area contributed by atoms with E-state index in [1.165, 1.54) is 7.11 Å². The minimum atomic E-state index is -0.520. The lowest BCUT2D eigenvalue weighted by atomic mass is 10.0. The molecule has 0 unspecified atom stereocenters. The molecule has 1 atom stereocenters. The molecule has 0 saturated carbocycles. The molecular weight excluding hydrogens is 270 g/mol. The number of methoxy groups -OCH3 is 1. The number of benzene rings is 1. The number of nitrogens with one attached hydrogen (secondary N) is 1. The lowest BCUT2D eigenvalue weighted by molar-refractivity contribution is -0.141. The zero-order valence-corrected chi connectivity index (χ0v) is 12.8. The van der Waals surface area contributed by atoms with Gasteiger partial charge in [-0.05, 0) is 17.9 Å². The Bertz CT molecular complexity index is 445. The average molecular weight is 293 g/mol. The van der Waals surface area contributed by atoms with Crippen LogP contribution in [0.3, 0.4) is 0 Å². The van der Waals surface area contributed by atoms with Gasteiger partial charge in [0.25, 0.3) is 0 Å². The maximum Gasteiger partial charge on any atom is 0.407 e. The highest BCUT2D eigenvalue weighted by Gasteiger charge is 2.18. The zero-order chi connectivity index (χ0) is 15.7. The summed E-state index contributed by atoms with van der Waals surface area (Å²) in [4.78, 5) is 23.1. The molecule has 0 heterocycles. The van der Waals surface area contributed by atoms with Gasteiger partial charge < -0.3 is 14.8 Å². The summed E-state index contributed by atoms with van der Waals surface area (Å²) < 4.78 is 9.80. The fourth-order valence-corrected chi connectivity index (χ4v) is 1.98. The third-order valence-corrected chi connectivity index (χ3v) is 2.93. The summed E-state index contributed by atoms with van der Waals surface area (Å²) in [5.74, 6) is 0.0121. The second-order valence-corrected chi connectivity index (χ2v) is 5.31. The van der Waals surface area contributed by atoms with Crippen molar-refractivity contribution < 1.29 is 19.1 Å². The first-order chi connectivity index (χ1) is 10.0. The maximum atomic E-state index is 11.8. The summed E-state index contributed by atoms with van der Waals surface area (Å²) in [6.45, 7) is 4.27. The van der Waals surface area contributed by atoms with Gasteiger partial charge >= 0.3 is 12.1 Å². The van der Waals surface area contributed by atoms with Gasteiger partial charge in [0, 0.05) is 6.04 Å². The standard InChI is InChI=1S/C16H23NO4/c1-12(2)9-14(10-15(18)20-3)17-16(19)21-11-13-7-5-4-6-8-13/h4-8,12,14H,9-11H2,1-3H3,(H,17,19)/t14-/m1/s1. The average Bonchev–Trinajstić information content (AvgIpc) is 2.45. The van der Waals surface area contributed by atoms with Crippen LogP contribution in [0.2, 0.25) is 0 Å². The number of hydrogen-bond acceptors (Lipinski definition) is 4. The molecule has 5 nitrogen and oxygen atoms in total. The molecule has 21 heavy (non-hydrogen) atoms. The second kappa shape index (κ2) is 9.00. The van der Waals surface area contributed by atoms with Crippen LogP contribution in [0.4, 0.5) is 4.79 Å². The number of hydrogen-bond donors (Lipinski definition) is 1. The Balaban J connectivity index is 2.45. The van der Waals surface area contributed by atoms with E-state index in [1.54, 1.807) is 0 Å². The Labute approximate surface area is 125 Å². The van der Waals surface area contributed by atoms with Crippen LogP contribution in [0, 0.1) is 5.92 Å². The summed E-state index contributed by atoms with van der Waals surface area (Å²) in [7, 11) is 1.34. The molecular formula is C16H23NO4.